The summed E-state index contributed by atoms with van der Waals surface area (Å²) in [5.41, 5.74) is -0.224. The van der Waals surface area contributed by atoms with Gasteiger partial charge in [-0.25, -0.2) is 4.98 Å². The van der Waals surface area contributed by atoms with Crippen LogP contribution in [0.2, 0.25) is 0 Å². The maximum atomic E-state index is 13.4. The Bertz CT molecular complexity index is 1390. The fourth-order valence-corrected chi connectivity index (χ4v) is 3.95. The molecule has 1 N–H and O–H groups in total. The van der Waals surface area contributed by atoms with Crippen LogP contribution in [0.1, 0.15) is 39.3 Å². The number of alkyl halides is 3. The van der Waals surface area contributed by atoms with Crippen LogP contribution in [0.4, 0.5) is 13.2 Å². The summed E-state index contributed by atoms with van der Waals surface area (Å²) < 4.78 is 41.6. The van der Waals surface area contributed by atoms with Crippen LogP contribution in [0.3, 0.4) is 0 Å². The number of nitriles is 1. The lowest BCUT2D eigenvalue weighted by molar-refractivity contribution is -0.141. The second-order valence-corrected chi connectivity index (χ2v) is 7.57. The fraction of sp³-hybridized carbons (Fsp3) is 0.217. The third-order valence-electron chi connectivity index (χ3n) is 5.61. The molecule has 32 heavy (non-hydrogen) atoms. The quantitative estimate of drug-likeness (QED) is 0.520. The SMILES string of the molecule is Cc1nc2ccc(C(O)(c3ccnc(C(F)(F)F)c3)c3cncn3C)cc2c(C)c1C#N. The molecule has 0 amide bonds. The number of aliphatic hydroxyl groups is 1. The smallest absolute Gasteiger partial charge is 0.374 e. The van der Waals surface area contributed by atoms with Gasteiger partial charge < -0.3 is 9.67 Å². The minimum atomic E-state index is -4.67. The minimum Gasteiger partial charge on any atom is -0.374 e. The number of imidazole rings is 1. The van der Waals surface area contributed by atoms with Gasteiger partial charge in [0.15, 0.2) is 5.60 Å². The van der Waals surface area contributed by atoms with Crippen LogP contribution < -0.4 is 0 Å². The molecular weight excluding hydrogens is 419 g/mol. The number of benzene rings is 1. The number of fused-ring (bicyclic) bond motifs is 1. The minimum absolute atomic E-state index is 0.0130. The van der Waals surface area contributed by atoms with Gasteiger partial charge >= 0.3 is 6.18 Å². The summed E-state index contributed by atoms with van der Waals surface area (Å²) >= 11 is 0. The number of aryl methyl sites for hydroxylation is 3. The van der Waals surface area contributed by atoms with Crippen molar-refractivity contribution in [3.05, 3.63) is 88.4 Å². The zero-order valence-corrected chi connectivity index (χ0v) is 17.4. The third-order valence-corrected chi connectivity index (χ3v) is 5.61. The van der Waals surface area contributed by atoms with Crippen molar-refractivity contribution in [2.45, 2.75) is 25.6 Å². The Morgan fingerprint density at radius 2 is 1.81 bits per heavy atom. The molecule has 1 unspecified atom stereocenters. The molecule has 4 aromatic rings. The molecule has 4 rings (SSSR count). The molecular formula is C23H18F3N5O. The molecule has 0 radical (unpaired) electrons. The van der Waals surface area contributed by atoms with Crippen molar-refractivity contribution in [2.75, 3.05) is 0 Å². The van der Waals surface area contributed by atoms with Gasteiger partial charge in [0.1, 0.15) is 11.8 Å². The number of aromatic nitrogens is 4. The highest BCUT2D eigenvalue weighted by Gasteiger charge is 2.40. The molecule has 0 spiro atoms. The van der Waals surface area contributed by atoms with Gasteiger partial charge in [-0.15, -0.1) is 0 Å². The molecule has 0 bridgehead atoms. The number of pyridine rings is 2. The van der Waals surface area contributed by atoms with Crippen LogP contribution in [-0.4, -0.2) is 24.6 Å². The lowest BCUT2D eigenvalue weighted by atomic mass is 9.82. The van der Waals surface area contributed by atoms with Gasteiger partial charge in [-0.1, -0.05) is 6.07 Å². The Morgan fingerprint density at radius 3 is 2.44 bits per heavy atom. The second kappa shape index (κ2) is 7.43. The standard InChI is InChI=1S/C23H18F3N5O/c1-13-17-8-15(4-5-19(17)30-14(2)18(13)10-27)22(32,21-11-28-12-31(21)3)16-6-7-29-20(9-16)23(24,25)26/h4-9,11-12,32H,1-3H3. The zero-order valence-electron chi connectivity index (χ0n) is 17.4. The first kappa shape index (κ1) is 21.5. The van der Waals surface area contributed by atoms with E-state index < -0.39 is 17.5 Å². The van der Waals surface area contributed by atoms with Crippen LogP contribution in [0.5, 0.6) is 0 Å². The number of nitrogens with zero attached hydrogens (tertiary/aromatic N) is 5. The van der Waals surface area contributed by atoms with E-state index in [9.17, 15) is 23.5 Å². The third kappa shape index (κ3) is 3.29. The summed E-state index contributed by atoms with van der Waals surface area (Å²) in [5.74, 6) is 0. The summed E-state index contributed by atoms with van der Waals surface area (Å²) in [6.45, 7) is 3.51. The van der Waals surface area contributed by atoms with E-state index in [-0.39, 0.29) is 11.3 Å². The van der Waals surface area contributed by atoms with E-state index in [1.807, 2.05) is 0 Å². The maximum Gasteiger partial charge on any atom is 0.433 e. The number of rotatable bonds is 3. The first-order valence-corrected chi connectivity index (χ1v) is 9.61. The number of hydrogen-bond acceptors (Lipinski definition) is 5. The zero-order chi connectivity index (χ0) is 23.3. The molecule has 162 valence electrons. The molecule has 9 heteroatoms. The molecule has 0 saturated heterocycles. The average Bonchev–Trinajstić information content (AvgIpc) is 3.19. The van der Waals surface area contributed by atoms with Crippen molar-refractivity contribution in [3.63, 3.8) is 0 Å². The molecule has 0 fully saturated rings. The van der Waals surface area contributed by atoms with E-state index in [0.717, 1.165) is 12.3 Å². The molecule has 1 aromatic carbocycles. The van der Waals surface area contributed by atoms with Crippen LogP contribution in [-0.2, 0) is 18.8 Å². The van der Waals surface area contributed by atoms with Crippen LogP contribution in [0, 0.1) is 25.2 Å². The van der Waals surface area contributed by atoms with Gasteiger partial charge in [0.25, 0.3) is 0 Å². The van der Waals surface area contributed by atoms with Gasteiger partial charge in [-0.3, -0.25) is 9.97 Å². The Kier molecular flexibility index (Phi) is 4.98. The summed E-state index contributed by atoms with van der Waals surface area (Å²) in [7, 11) is 1.64. The maximum absolute atomic E-state index is 13.4. The number of halogens is 3. The van der Waals surface area contributed by atoms with Gasteiger partial charge in [-0.2, -0.15) is 18.4 Å². The Balaban J connectivity index is 2.04. The van der Waals surface area contributed by atoms with E-state index in [0.29, 0.717) is 33.3 Å². The molecule has 0 aliphatic heterocycles. The predicted molar refractivity (Wildman–Crippen MR) is 110 cm³/mol. The topological polar surface area (TPSA) is 87.6 Å². The van der Waals surface area contributed by atoms with Gasteiger partial charge in [0, 0.05) is 18.6 Å². The van der Waals surface area contributed by atoms with Crippen molar-refractivity contribution in [3.8, 4) is 6.07 Å². The molecule has 0 saturated carbocycles. The first-order valence-electron chi connectivity index (χ1n) is 9.61. The Labute approximate surface area is 181 Å². The largest absolute Gasteiger partial charge is 0.433 e. The molecule has 0 aliphatic rings. The Hall–Kier alpha value is -3.77. The van der Waals surface area contributed by atoms with Crippen molar-refractivity contribution in [1.29, 1.82) is 5.26 Å². The lowest BCUT2D eigenvalue weighted by Gasteiger charge is -2.30. The van der Waals surface area contributed by atoms with E-state index >= 15 is 0 Å². The van der Waals surface area contributed by atoms with E-state index in [1.54, 1.807) is 43.7 Å². The van der Waals surface area contributed by atoms with E-state index in [4.69, 9.17) is 0 Å². The summed E-state index contributed by atoms with van der Waals surface area (Å²) in [6, 6.07) is 9.25. The Morgan fingerprint density at radius 1 is 1.09 bits per heavy atom. The molecule has 6 nitrogen and oxygen atoms in total. The highest BCUT2D eigenvalue weighted by molar-refractivity contribution is 5.85. The molecule has 0 aliphatic carbocycles. The molecule has 3 heterocycles. The van der Waals surface area contributed by atoms with Gasteiger partial charge in [0.2, 0.25) is 0 Å². The van der Waals surface area contributed by atoms with Crippen LogP contribution in [0.15, 0.2) is 49.1 Å². The van der Waals surface area contributed by atoms with E-state index in [1.165, 1.54) is 18.6 Å². The predicted octanol–water partition coefficient (Wildman–Crippen LogP) is 4.15. The monoisotopic (exact) mass is 437 g/mol. The highest BCUT2D eigenvalue weighted by Crippen LogP contribution is 2.39. The second-order valence-electron chi connectivity index (χ2n) is 7.57. The van der Waals surface area contributed by atoms with Gasteiger partial charge in [0.05, 0.1) is 35.0 Å². The lowest BCUT2D eigenvalue weighted by Crippen LogP contribution is -2.31. The number of hydrogen-bond donors (Lipinski definition) is 1. The van der Waals surface area contributed by atoms with Gasteiger partial charge in [-0.05, 0) is 54.8 Å². The van der Waals surface area contributed by atoms with Crippen molar-refractivity contribution in [1.82, 2.24) is 19.5 Å². The fourth-order valence-electron chi connectivity index (χ4n) is 3.95. The molecule has 1 atom stereocenters. The van der Waals surface area contributed by atoms with Crippen LogP contribution >= 0.6 is 0 Å². The van der Waals surface area contributed by atoms with Crippen LogP contribution in [0.25, 0.3) is 10.9 Å². The van der Waals surface area contributed by atoms with E-state index in [2.05, 4.69) is 21.0 Å². The molecule has 3 aromatic heterocycles. The normalized spacial score (nSPS) is 13.7. The summed E-state index contributed by atoms with van der Waals surface area (Å²) in [5, 5.41) is 22.1. The summed E-state index contributed by atoms with van der Waals surface area (Å²) in [4.78, 5) is 11.9. The summed E-state index contributed by atoms with van der Waals surface area (Å²) in [6.07, 6.45) is -0.799. The highest BCUT2D eigenvalue weighted by atomic mass is 19.4. The van der Waals surface area contributed by atoms with Crippen molar-refractivity contribution >= 4 is 10.9 Å². The first-order chi connectivity index (χ1) is 15.1. The van der Waals surface area contributed by atoms with Crippen molar-refractivity contribution < 1.29 is 18.3 Å². The van der Waals surface area contributed by atoms with Crippen molar-refractivity contribution in [2.24, 2.45) is 7.05 Å². The average molecular weight is 437 g/mol.